The van der Waals surface area contributed by atoms with Crippen LogP contribution in [0.15, 0.2) is 0 Å². The molecule has 6 heteroatoms. The summed E-state index contributed by atoms with van der Waals surface area (Å²) in [5.41, 5.74) is 0. The number of carbonyl (C=O) groups excluding carboxylic acids is 2. The van der Waals surface area contributed by atoms with Crippen LogP contribution >= 0.6 is 0 Å². The van der Waals surface area contributed by atoms with Gasteiger partial charge in [0, 0.05) is 6.54 Å². The largest absolute Gasteiger partial charge is 0.465 e. The molecule has 2 N–H and O–H groups in total. The molecule has 0 saturated carbocycles. The van der Waals surface area contributed by atoms with Crippen LogP contribution in [0.5, 0.6) is 0 Å². The highest BCUT2D eigenvalue weighted by Crippen LogP contribution is 2.09. The number of nitrogens with one attached hydrogen (secondary N) is 1. The van der Waals surface area contributed by atoms with Gasteiger partial charge in [0.05, 0.1) is 13.2 Å². The smallest absolute Gasteiger partial charge is 0.335 e. The van der Waals surface area contributed by atoms with Crippen LogP contribution < -0.4 is 5.32 Å². The third-order valence-electron chi connectivity index (χ3n) is 3.53. The Hall–Kier alpha value is -1.14. The summed E-state index contributed by atoms with van der Waals surface area (Å²) < 4.78 is 9.94. The van der Waals surface area contributed by atoms with Gasteiger partial charge in [0.25, 0.3) is 0 Å². The van der Waals surface area contributed by atoms with Crippen LogP contribution in [0.4, 0.5) is 0 Å². The SMILES string of the molecule is CCCCCCNCC(C(=O)OCCCC)C(O)C(=O)OCC. The third-order valence-corrected chi connectivity index (χ3v) is 3.53. The van der Waals surface area contributed by atoms with Gasteiger partial charge in [0.2, 0.25) is 0 Å². The van der Waals surface area contributed by atoms with Crippen molar-refractivity contribution in [3.8, 4) is 0 Å². The first-order valence-corrected chi connectivity index (χ1v) is 8.80. The number of hydrogen-bond donors (Lipinski definition) is 2. The second kappa shape index (κ2) is 14.5. The molecule has 2 atom stereocenters. The molecule has 0 spiro atoms. The minimum Gasteiger partial charge on any atom is -0.465 e. The van der Waals surface area contributed by atoms with Gasteiger partial charge in [-0.3, -0.25) is 4.79 Å². The van der Waals surface area contributed by atoms with Crippen molar-refractivity contribution in [3.63, 3.8) is 0 Å². The lowest BCUT2D eigenvalue weighted by Crippen LogP contribution is -2.43. The van der Waals surface area contributed by atoms with Crippen LogP contribution in [0.2, 0.25) is 0 Å². The fourth-order valence-corrected chi connectivity index (χ4v) is 2.07. The Morgan fingerprint density at radius 2 is 1.65 bits per heavy atom. The summed E-state index contributed by atoms with van der Waals surface area (Å²) in [6.45, 7) is 7.22. The summed E-state index contributed by atoms with van der Waals surface area (Å²) in [5, 5.41) is 13.2. The van der Waals surface area contributed by atoms with Crippen LogP contribution in [0, 0.1) is 5.92 Å². The number of rotatable bonds is 14. The maximum atomic E-state index is 12.1. The molecular formula is C17H33NO5. The molecule has 23 heavy (non-hydrogen) atoms. The number of carbonyl (C=O) groups is 2. The summed E-state index contributed by atoms with van der Waals surface area (Å²) in [4.78, 5) is 23.8. The van der Waals surface area contributed by atoms with E-state index in [1.807, 2.05) is 6.92 Å². The summed E-state index contributed by atoms with van der Waals surface area (Å²) in [7, 11) is 0. The lowest BCUT2D eigenvalue weighted by Gasteiger charge is -2.20. The second-order valence-electron chi connectivity index (χ2n) is 5.59. The molecule has 0 aromatic heterocycles. The summed E-state index contributed by atoms with van der Waals surface area (Å²) in [6.07, 6.45) is 4.64. The van der Waals surface area contributed by atoms with Crippen molar-refractivity contribution >= 4 is 11.9 Å². The molecule has 0 bridgehead atoms. The van der Waals surface area contributed by atoms with Gasteiger partial charge in [-0.05, 0) is 26.3 Å². The van der Waals surface area contributed by atoms with Gasteiger partial charge in [-0.25, -0.2) is 4.79 Å². The van der Waals surface area contributed by atoms with Gasteiger partial charge >= 0.3 is 11.9 Å². The van der Waals surface area contributed by atoms with E-state index in [2.05, 4.69) is 12.2 Å². The number of ether oxygens (including phenoxy) is 2. The van der Waals surface area contributed by atoms with E-state index in [-0.39, 0.29) is 13.2 Å². The highest BCUT2D eigenvalue weighted by molar-refractivity contribution is 5.83. The minimum absolute atomic E-state index is 0.165. The minimum atomic E-state index is -1.49. The van der Waals surface area contributed by atoms with E-state index >= 15 is 0 Å². The molecule has 0 heterocycles. The first-order chi connectivity index (χ1) is 11.1. The van der Waals surface area contributed by atoms with E-state index in [4.69, 9.17) is 9.47 Å². The average Bonchev–Trinajstić information content (AvgIpc) is 2.54. The van der Waals surface area contributed by atoms with Crippen molar-refractivity contribution in [1.82, 2.24) is 5.32 Å². The molecule has 0 aliphatic heterocycles. The highest BCUT2D eigenvalue weighted by Gasteiger charge is 2.34. The predicted octanol–water partition coefficient (Wildman–Crippen LogP) is 2.04. The van der Waals surface area contributed by atoms with E-state index < -0.39 is 24.0 Å². The molecule has 2 unspecified atom stereocenters. The monoisotopic (exact) mass is 331 g/mol. The maximum Gasteiger partial charge on any atom is 0.335 e. The molecule has 0 aromatic carbocycles. The van der Waals surface area contributed by atoms with Crippen molar-refractivity contribution < 1.29 is 24.2 Å². The molecule has 6 nitrogen and oxygen atoms in total. The molecule has 0 aromatic rings. The first-order valence-electron chi connectivity index (χ1n) is 8.80. The van der Waals surface area contributed by atoms with Crippen LogP contribution in [0.25, 0.3) is 0 Å². The zero-order valence-electron chi connectivity index (χ0n) is 14.8. The number of aliphatic hydroxyl groups excluding tert-OH is 1. The molecule has 0 amide bonds. The van der Waals surface area contributed by atoms with E-state index in [1.54, 1.807) is 6.92 Å². The molecule has 0 aliphatic carbocycles. The van der Waals surface area contributed by atoms with Crippen molar-refractivity contribution in [2.75, 3.05) is 26.3 Å². The summed E-state index contributed by atoms with van der Waals surface area (Å²) in [5.74, 6) is -2.27. The van der Waals surface area contributed by atoms with Gasteiger partial charge < -0.3 is 19.9 Å². The van der Waals surface area contributed by atoms with Crippen molar-refractivity contribution in [3.05, 3.63) is 0 Å². The Morgan fingerprint density at radius 1 is 0.957 bits per heavy atom. The van der Waals surface area contributed by atoms with E-state index in [1.165, 1.54) is 6.42 Å². The fourth-order valence-electron chi connectivity index (χ4n) is 2.07. The Morgan fingerprint density at radius 3 is 2.26 bits per heavy atom. The van der Waals surface area contributed by atoms with Gasteiger partial charge in [-0.2, -0.15) is 0 Å². The van der Waals surface area contributed by atoms with Gasteiger partial charge in [0.1, 0.15) is 5.92 Å². The van der Waals surface area contributed by atoms with Crippen molar-refractivity contribution in [2.24, 2.45) is 5.92 Å². The van der Waals surface area contributed by atoms with E-state index in [9.17, 15) is 14.7 Å². The predicted molar refractivity (Wildman–Crippen MR) is 89.0 cm³/mol. The van der Waals surface area contributed by atoms with Gasteiger partial charge in [-0.1, -0.05) is 39.5 Å². The molecule has 0 rings (SSSR count). The number of unbranched alkanes of at least 4 members (excludes halogenated alkanes) is 4. The first kappa shape index (κ1) is 21.9. The quantitative estimate of drug-likeness (QED) is 0.374. The molecule has 0 fully saturated rings. The highest BCUT2D eigenvalue weighted by atomic mass is 16.6. The van der Waals surface area contributed by atoms with Gasteiger partial charge in [-0.15, -0.1) is 0 Å². The Kier molecular flexibility index (Phi) is 13.7. The Labute approximate surface area is 139 Å². The molecule has 0 aliphatic rings. The van der Waals surface area contributed by atoms with Gasteiger partial charge in [0.15, 0.2) is 6.10 Å². The standard InChI is InChI=1S/C17H33NO5/c1-4-7-9-10-11-18-13-14(15(19)17(21)22-6-3)16(20)23-12-8-5-2/h14-15,18-19H,4-13H2,1-3H3. The fraction of sp³-hybridized carbons (Fsp3) is 0.882. The van der Waals surface area contributed by atoms with Crippen LogP contribution in [0.3, 0.4) is 0 Å². The van der Waals surface area contributed by atoms with Crippen LogP contribution in [0.1, 0.15) is 59.3 Å². The number of hydrogen-bond acceptors (Lipinski definition) is 6. The number of esters is 2. The van der Waals surface area contributed by atoms with Crippen molar-refractivity contribution in [2.45, 2.75) is 65.4 Å². The van der Waals surface area contributed by atoms with Crippen LogP contribution in [-0.4, -0.2) is 49.5 Å². The summed E-state index contributed by atoms with van der Waals surface area (Å²) in [6, 6.07) is 0. The lowest BCUT2D eigenvalue weighted by molar-refractivity contribution is -0.166. The van der Waals surface area contributed by atoms with E-state index in [0.29, 0.717) is 6.61 Å². The molecule has 136 valence electrons. The third kappa shape index (κ3) is 10.3. The maximum absolute atomic E-state index is 12.1. The zero-order valence-corrected chi connectivity index (χ0v) is 14.8. The van der Waals surface area contributed by atoms with E-state index in [0.717, 1.165) is 38.6 Å². The molecule has 0 saturated heterocycles. The molecule has 0 radical (unpaired) electrons. The second-order valence-corrected chi connectivity index (χ2v) is 5.59. The lowest BCUT2D eigenvalue weighted by atomic mass is 10.0. The zero-order chi connectivity index (χ0) is 17.5. The summed E-state index contributed by atoms with van der Waals surface area (Å²) >= 11 is 0. The van der Waals surface area contributed by atoms with Crippen LogP contribution in [-0.2, 0) is 19.1 Å². The molecular weight excluding hydrogens is 298 g/mol. The average molecular weight is 331 g/mol. The topological polar surface area (TPSA) is 84.9 Å². The number of aliphatic hydroxyl groups is 1. The van der Waals surface area contributed by atoms with Crippen molar-refractivity contribution in [1.29, 1.82) is 0 Å². The Balaban J connectivity index is 4.41. The normalized spacial score (nSPS) is 13.4. The Bertz CT molecular complexity index is 322.